The van der Waals surface area contributed by atoms with Crippen LogP contribution in [0.4, 0.5) is 0 Å². The van der Waals surface area contributed by atoms with Gasteiger partial charge in [0, 0.05) is 17.2 Å². The van der Waals surface area contributed by atoms with Crippen LogP contribution in [0.3, 0.4) is 0 Å². The van der Waals surface area contributed by atoms with Crippen LogP contribution in [-0.4, -0.2) is 46.8 Å². The summed E-state index contributed by atoms with van der Waals surface area (Å²) in [6, 6.07) is 2.84. The molecule has 1 aromatic carbocycles. The van der Waals surface area contributed by atoms with Crippen molar-refractivity contribution in [2.75, 3.05) is 6.54 Å². The minimum absolute atomic E-state index is 0.0295. The number of carbonyl (C=O) groups excluding carboxylic acids is 3. The molecule has 2 aliphatic rings. The van der Waals surface area contributed by atoms with Gasteiger partial charge in [0.1, 0.15) is 12.3 Å². The molecule has 140 valence electrons. The second-order valence-corrected chi connectivity index (χ2v) is 6.63. The van der Waals surface area contributed by atoms with E-state index in [1.165, 1.54) is 25.1 Å². The highest BCUT2D eigenvalue weighted by Gasteiger charge is 2.25. The van der Waals surface area contributed by atoms with E-state index >= 15 is 0 Å². The molecule has 2 aliphatic heterocycles. The van der Waals surface area contributed by atoms with Crippen LogP contribution in [0.5, 0.6) is 5.75 Å². The van der Waals surface area contributed by atoms with E-state index in [1.807, 2.05) is 0 Å². The molecule has 1 amide bonds. The zero-order chi connectivity index (χ0) is 19.7. The van der Waals surface area contributed by atoms with Gasteiger partial charge in [-0.05, 0) is 19.1 Å². The first-order valence-corrected chi connectivity index (χ1v) is 8.56. The fraction of sp³-hybridized carbons (Fsp3) is 0.235. The average molecular weight is 410 g/mol. The number of Topliss-reactive ketones (excluding diaryl/α,β-unsaturated/α-hetero) is 2. The third kappa shape index (κ3) is 4.08. The van der Waals surface area contributed by atoms with Crippen LogP contribution in [0, 0.1) is 0 Å². The van der Waals surface area contributed by atoms with Crippen molar-refractivity contribution in [3.8, 4) is 5.75 Å². The summed E-state index contributed by atoms with van der Waals surface area (Å²) >= 11 is 12.4. The lowest BCUT2D eigenvalue weighted by Crippen LogP contribution is -2.33. The van der Waals surface area contributed by atoms with Gasteiger partial charge in [-0.15, -0.1) is 0 Å². The van der Waals surface area contributed by atoms with Gasteiger partial charge >= 0.3 is 0 Å². The highest BCUT2D eigenvalue weighted by Crippen LogP contribution is 2.35. The molecular formula is C17H13Cl2N3O5. The number of rotatable bonds is 3. The Labute approximate surface area is 163 Å². The number of ketones is 2. The smallest absolute Gasteiger partial charge is 0.247 e. The highest BCUT2D eigenvalue weighted by atomic mass is 35.5. The number of aliphatic hydroxyl groups is 1. The van der Waals surface area contributed by atoms with E-state index in [0.29, 0.717) is 5.56 Å². The van der Waals surface area contributed by atoms with Gasteiger partial charge in [0.25, 0.3) is 0 Å². The fourth-order valence-electron chi connectivity index (χ4n) is 2.49. The molecule has 0 saturated heterocycles. The summed E-state index contributed by atoms with van der Waals surface area (Å²) in [5.74, 6) is -1.11. The van der Waals surface area contributed by atoms with Crippen LogP contribution in [-0.2, 0) is 14.4 Å². The molecule has 0 aromatic heterocycles. The Morgan fingerprint density at radius 2 is 1.85 bits per heavy atom. The third-order valence-electron chi connectivity index (χ3n) is 3.79. The minimum atomic E-state index is -0.967. The molecule has 2 N–H and O–H groups in total. The monoisotopic (exact) mass is 409 g/mol. The minimum Gasteiger partial charge on any atom is -0.436 e. The van der Waals surface area contributed by atoms with E-state index in [2.05, 4.69) is 15.5 Å². The number of carbonyl (C=O) groups is 3. The third-order valence-corrected chi connectivity index (χ3v) is 4.35. The van der Waals surface area contributed by atoms with Crippen LogP contribution in [0.1, 0.15) is 18.9 Å². The highest BCUT2D eigenvalue weighted by molar-refractivity contribution is 6.50. The Bertz CT molecular complexity index is 927. The van der Waals surface area contributed by atoms with Crippen molar-refractivity contribution in [3.63, 3.8) is 0 Å². The van der Waals surface area contributed by atoms with Gasteiger partial charge in [-0.3, -0.25) is 14.4 Å². The summed E-state index contributed by atoms with van der Waals surface area (Å²) < 4.78 is 5.58. The van der Waals surface area contributed by atoms with Crippen molar-refractivity contribution in [3.05, 3.63) is 39.4 Å². The number of benzene rings is 1. The molecule has 0 spiro atoms. The Morgan fingerprint density at radius 3 is 2.44 bits per heavy atom. The molecule has 0 bridgehead atoms. The molecule has 1 atom stereocenters. The van der Waals surface area contributed by atoms with Gasteiger partial charge < -0.3 is 9.84 Å². The Balaban J connectivity index is 1.90. The zero-order valence-corrected chi connectivity index (χ0v) is 15.5. The predicted octanol–water partition coefficient (Wildman–Crippen LogP) is 1.45. The molecule has 3 rings (SSSR count). The van der Waals surface area contributed by atoms with Crippen molar-refractivity contribution >= 4 is 52.3 Å². The zero-order valence-electron chi connectivity index (χ0n) is 14.0. The van der Waals surface area contributed by atoms with Gasteiger partial charge in [-0.1, -0.05) is 23.2 Å². The molecular weight excluding hydrogens is 397 g/mol. The number of hydrazone groups is 1. The number of halogens is 2. The van der Waals surface area contributed by atoms with Gasteiger partial charge in [0.2, 0.25) is 11.8 Å². The summed E-state index contributed by atoms with van der Waals surface area (Å²) in [5.41, 5.74) is 2.75. The maximum atomic E-state index is 12.0. The normalized spacial score (nSPS) is 18.4. The largest absolute Gasteiger partial charge is 0.436 e. The van der Waals surface area contributed by atoms with E-state index in [1.54, 1.807) is 0 Å². The first kappa shape index (κ1) is 19.2. The van der Waals surface area contributed by atoms with Crippen molar-refractivity contribution < 1.29 is 24.2 Å². The van der Waals surface area contributed by atoms with E-state index in [9.17, 15) is 19.5 Å². The summed E-state index contributed by atoms with van der Waals surface area (Å²) in [5, 5.41) is 13.5. The lowest BCUT2D eigenvalue weighted by Gasteiger charge is -2.17. The SMILES string of the molecule is CC(O)C1=CC(Oc2c(Cl)cc(C3=NNC(=O)CC3=O)cc2Cl)=NCC1=O. The van der Waals surface area contributed by atoms with Crippen molar-refractivity contribution in [2.24, 2.45) is 10.1 Å². The van der Waals surface area contributed by atoms with E-state index < -0.39 is 17.8 Å². The van der Waals surface area contributed by atoms with Gasteiger partial charge in [0.15, 0.2) is 17.3 Å². The van der Waals surface area contributed by atoms with Crippen molar-refractivity contribution in [1.82, 2.24) is 5.43 Å². The van der Waals surface area contributed by atoms with Crippen LogP contribution < -0.4 is 10.2 Å². The maximum Gasteiger partial charge on any atom is 0.247 e. The number of dihydropyridines is 1. The lowest BCUT2D eigenvalue weighted by atomic mass is 10.0. The second kappa shape index (κ2) is 7.59. The van der Waals surface area contributed by atoms with Crippen LogP contribution in [0.15, 0.2) is 33.9 Å². The van der Waals surface area contributed by atoms with Gasteiger partial charge in [-0.2, -0.15) is 5.10 Å². The number of ether oxygens (including phenoxy) is 1. The number of aliphatic hydroxyl groups excluding tert-OH is 1. The van der Waals surface area contributed by atoms with Gasteiger partial charge in [0.05, 0.1) is 22.6 Å². The van der Waals surface area contributed by atoms with Crippen LogP contribution in [0.2, 0.25) is 10.0 Å². The van der Waals surface area contributed by atoms with Crippen molar-refractivity contribution in [2.45, 2.75) is 19.4 Å². The molecule has 0 radical (unpaired) electrons. The summed E-state index contributed by atoms with van der Waals surface area (Å²) in [4.78, 5) is 38.8. The quantitative estimate of drug-likeness (QED) is 0.732. The molecule has 27 heavy (non-hydrogen) atoms. The van der Waals surface area contributed by atoms with Crippen molar-refractivity contribution in [1.29, 1.82) is 0 Å². The summed E-state index contributed by atoms with van der Waals surface area (Å²) in [6.07, 6.45) is 0.0382. The number of nitrogens with one attached hydrogen (secondary N) is 1. The number of hydrogen-bond donors (Lipinski definition) is 2. The Kier molecular flexibility index (Phi) is 5.41. The number of nitrogens with zero attached hydrogens (tertiary/aromatic N) is 2. The van der Waals surface area contributed by atoms with Crippen LogP contribution in [0.25, 0.3) is 0 Å². The molecule has 10 heteroatoms. The van der Waals surface area contributed by atoms with Crippen LogP contribution >= 0.6 is 23.2 Å². The molecule has 8 nitrogen and oxygen atoms in total. The maximum absolute atomic E-state index is 12.0. The summed E-state index contributed by atoms with van der Waals surface area (Å²) in [7, 11) is 0. The number of amides is 1. The lowest BCUT2D eigenvalue weighted by molar-refractivity contribution is -0.126. The Hall–Kier alpha value is -2.55. The molecule has 0 fully saturated rings. The van der Waals surface area contributed by atoms with E-state index in [0.717, 1.165) is 0 Å². The number of hydrogen-bond acceptors (Lipinski definition) is 7. The number of aliphatic imine (C=N–C) groups is 1. The average Bonchev–Trinajstić information content (AvgIpc) is 2.59. The first-order valence-electron chi connectivity index (χ1n) is 7.80. The standard InChI is InChI=1S/C17H13Cl2N3O5/c1-7(23)9-4-15(20-6-13(9)25)27-17-10(18)2-8(3-11(17)19)16-12(24)5-14(26)21-22-16/h2-4,7,23H,5-6H2,1H3,(H,21,26). The molecule has 2 heterocycles. The topological polar surface area (TPSA) is 117 Å². The van der Waals surface area contributed by atoms with Gasteiger partial charge in [-0.25, -0.2) is 10.4 Å². The molecule has 1 unspecified atom stereocenters. The summed E-state index contributed by atoms with van der Waals surface area (Å²) in [6.45, 7) is 1.30. The fourth-order valence-corrected chi connectivity index (χ4v) is 3.05. The van der Waals surface area contributed by atoms with E-state index in [-0.39, 0.29) is 51.7 Å². The molecule has 0 aliphatic carbocycles. The Morgan fingerprint density at radius 1 is 1.19 bits per heavy atom. The predicted molar refractivity (Wildman–Crippen MR) is 98.5 cm³/mol. The van der Waals surface area contributed by atoms with E-state index in [4.69, 9.17) is 27.9 Å². The molecule has 0 saturated carbocycles. The second-order valence-electron chi connectivity index (χ2n) is 5.82. The first-order chi connectivity index (χ1) is 12.8. The molecule has 1 aromatic rings.